The van der Waals surface area contributed by atoms with Crippen LogP contribution in [-0.4, -0.2) is 47.7 Å². The van der Waals surface area contributed by atoms with Crippen molar-refractivity contribution >= 4 is 23.7 Å². The third-order valence-corrected chi connectivity index (χ3v) is 9.63. The summed E-state index contributed by atoms with van der Waals surface area (Å²) >= 11 is 0. The maximum atomic E-state index is 13.1. The SMILES string of the molecule is COc1cc2c(cc1OC)CN(CCc1ccc(NC(=O)c3ccc(C=c4[nH]c(=O)c(=CC5CCCCC5)n(C)c4=O)cc3)cc1)CC2. The first kappa shape index (κ1) is 33.0. The van der Waals surface area contributed by atoms with Gasteiger partial charge in [0.15, 0.2) is 11.5 Å². The Bertz CT molecular complexity index is 2010. The van der Waals surface area contributed by atoms with E-state index in [1.807, 2.05) is 18.2 Å². The van der Waals surface area contributed by atoms with Crippen molar-refractivity contribution in [1.82, 2.24) is 14.5 Å². The van der Waals surface area contributed by atoms with E-state index in [9.17, 15) is 14.4 Å². The molecule has 0 radical (unpaired) electrons. The van der Waals surface area contributed by atoms with Crippen molar-refractivity contribution in [3.05, 3.63) is 120 Å². The third kappa shape index (κ3) is 7.63. The van der Waals surface area contributed by atoms with E-state index in [0.29, 0.717) is 22.4 Å². The van der Waals surface area contributed by atoms with Crippen LogP contribution in [0, 0.1) is 5.92 Å². The molecule has 1 aliphatic carbocycles. The molecule has 9 nitrogen and oxygen atoms in total. The molecule has 48 heavy (non-hydrogen) atoms. The van der Waals surface area contributed by atoms with E-state index >= 15 is 0 Å². The van der Waals surface area contributed by atoms with Crippen molar-refractivity contribution in [2.24, 2.45) is 13.0 Å². The molecule has 1 aromatic heterocycles. The molecule has 2 aliphatic rings. The summed E-state index contributed by atoms with van der Waals surface area (Å²) in [6.45, 7) is 2.80. The van der Waals surface area contributed by atoms with Crippen LogP contribution in [0.15, 0.2) is 70.3 Å². The first-order valence-corrected chi connectivity index (χ1v) is 16.8. The van der Waals surface area contributed by atoms with E-state index in [-0.39, 0.29) is 22.4 Å². The summed E-state index contributed by atoms with van der Waals surface area (Å²) in [6.07, 6.45) is 11.1. The predicted octanol–water partition coefficient (Wildman–Crippen LogP) is 4.13. The molecule has 1 saturated carbocycles. The van der Waals surface area contributed by atoms with Crippen molar-refractivity contribution in [3.8, 4) is 11.5 Å². The zero-order valence-corrected chi connectivity index (χ0v) is 28.0. The Kier molecular flexibility index (Phi) is 10.3. The fourth-order valence-electron chi connectivity index (χ4n) is 6.77. The molecule has 0 spiro atoms. The smallest absolute Gasteiger partial charge is 0.274 e. The molecular weight excluding hydrogens is 604 g/mol. The second kappa shape index (κ2) is 14.9. The normalized spacial score (nSPS) is 16.1. The Morgan fingerprint density at radius 3 is 2.31 bits per heavy atom. The standard InChI is InChI=1S/C39H44N4O5/c1-42-34(22-27-7-5-4-6-8-27)38(45)41-33(39(42)46)21-28-9-13-29(14-10-28)37(44)40-32-15-11-26(12-16-32)17-19-43-20-18-30-23-35(47-2)36(48-3)24-31(30)25-43/h9-16,21-24,27H,4-8,17-20,25H2,1-3H3,(H,40,44)(H,41,45). The predicted molar refractivity (Wildman–Crippen MR) is 189 cm³/mol. The molecule has 1 aliphatic heterocycles. The van der Waals surface area contributed by atoms with Crippen LogP contribution in [0.1, 0.15) is 64.7 Å². The Morgan fingerprint density at radius 2 is 1.62 bits per heavy atom. The van der Waals surface area contributed by atoms with Gasteiger partial charge in [-0.3, -0.25) is 19.3 Å². The Balaban J connectivity index is 1.05. The summed E-state index contributed by atoms with van der Waals surface area (Å²) in [7, 11) is 4.98. The summed E-state index contributed by atoms with van der Waals surface area (Å²) in [5.74, 6) is 1.65. The molecule has 2 heterocycles. The lowest BCUT2D eigenvalue weighted by molar-refractivity contribution is 0.102. The number of ether oxygens (including phenoxy) is 2. The highest BCUT2D eigenvalue weighted by Crippen LogP contribution is 2.33. The molecule has 0 unspecified atom stereocenters. The van der Waals surface area contributed by atoms with E-state index in [2.05, 4.69) is 39.5 Å². The summed E-state index contributed by atoms with van der Waals surface area (Å²) in [5, 5.41) is 3.60. The van der Waals surface area contributed by atoms with E-state index in [1.165, 1.54) is 27.7 Å². The minimum atomic E-state index is -0.268. The number of fused-ring (bicyclic) bond motifs is 1. The second-order valence-corrected chi connectivity index (χ2v) is 12.9. The number of anilines is 1. The van der Waals surface area contributed by atoms with Gasteiger partial charge in [-0.15, -0.1) is 0 Å². The van der Waals surface area contributed by atoms with Crippen LogP contribution >= 0.6 is 0 Å². The minimum absolute atomic E-state index is 0.214. The van der Waals surface area contributed by atoms with Crippen molar-refractivity contribution in [2.45, 2.75) is 51.5 Å². The van der Waals surface area contributed by atoms with Gasteiger partial charge in [0.25, 0.3) is 17.0 Å². The summed E-state index contributed by atoms with van der Waals surface area (Å²) in [4.78, 5) is 44.1. The number of nitrogens with zero attached hydrogens (tertiary/aromatic N) is 2. The molecule has 3 aromatic carbocycles. The van der Waals surface area contributed by atoms with Crippen LogP contribution in [0.2, 0.25) is 0 Å². The van der Waals surface area contributed by atoms with Crippen molar-refractivity contribution in [3.63, 3.8) is 0 Å². The quantitative estimate of drug-likeness (QED) is 0.283. The molecule has 2 N–H and O–H groups in total. The van der Waals surface area contributed by atoms with Crippen LogP contribution in [0.5, 0.6) is 11.5 Å². The largest absolute Gasteiger partial charge is 0.493 e. The average Bonchev–Trinajstić information content (AvgIpc) is 3.12. The van der Waals surface area contributed by atoms with Crippen LogP contribution < -0.4 is 36.6 Å². The molecule has 1 fully saturated rings. The zero-order valence-electron chi connectivity index (χ0n) is 28.0. The molecule has 6 rings (SSSR count). The van der Waals surface area contributed by atoms with Crippen LogP contribution in [-0.2, 0) is 26.4 Å². The number of carbonyl (C=O) groups is 1. The third-order valence-electron chi connectivity index (χ3n) is 9.63. The highest BCUT2D eigenvalue weighted by atomic mass is 16.5. The lowest BCUT2D eigenvalue weighted by Gasteiger charge is -2.29. The summed E-state index contributed by atoms with van der Waals surface area (Å²) in [6, 6.07) is 19.1. The number of rotatable bonds is 9. The fourth-order valence-corrected chi connectivity index (χ4v) is 6.77. The summed E-state index contributed by atoms with van der Waals surface area (Å²) in [5.41, 5.74) is 5.19. The second-order valence-electron chi connectivity index (χ2n) is 12.9. The zero-order chi connectivity index (χ0) is 33.6. The topological polar surface area (TPSA) is 106 Å². The number of carbonyl (C=O) groups excluding carboxylic acids is 1. The molecule has 250 valence electrons. The van der Waals surface area contributed by atoms with Crippen molar-refractivity contribution in [1.29, 1.82) is 0 Å². The van der Waals surface area contributed by atoms with E-state index < -0.39 is 0 Å². The highest BCUT2D eigenvalue weighted by molar-refractivity contribution is 6.04. The van der Waals surface area contributed by atoms with Gasteiger partial charge in [-0.05, 0) is 96.3 Å². The van der Waals surface area contributed by atoms with Crippen molar-refractivity contribution < 1.29 is 14.3 Å². The van der Waals surface area contributed by atoms with Crippen LogP contribution in [0.4, 0.5) is 5.69 Å². The van der Waals surface area contributed by atoms with Gasteiger partial charge in [-0.2, -0.15) is 0 Å². The van der Waals surface area contributed by atoms with Gasteiger partial charge < -0.3 is 24.3 Å². The molecule has 0 atom stereocenters. The number of amides is 1. The van der Waals surface area contributed by atoms with Crippen LogP contribution in [0.25, 0.3) is 12.2 Å². The Morgan fingerprint density at radius 1 is 0.938 bits per heavy atom. The number of H-pyrrole nitrogens is 1. The van der Waals surface area contributed by atoms with Gasteiger partial charge >= 0.3 is 0 Å². The molecule has 9 heteroatoms. The molecule has 0 bridgehead atoms. The molecular formula is C39H44N4O5. The molecule has 1 amide bonds. The number of nitrogens with one attached hydrogen (secondary N) is 2. The first-order chi connectivity index (χ1) is 23.3. The maximum Gasteiger partial charge on any atom is 0.274 e. The van der Waals surface area contributed by atoms with E-state index in [4.69, 9.17) is 9.47 Å². The van der Waals surface area contributed by atoms with Gasteiger partial charge in [0.05, 0.1) is 14.2 Å². The minimum Gasteiger partial charge on any atom is -0.493 e. The Labute approximate surface area is 280 Å². The van der Waals surface area contributed by atoms with Gasteiger partial charge in [0, 0.05) is 37.9 Å². The van der Waals surface area contributed by atoms with Gasteiger partial charge in [-0.1, -0.05) is 49.6 Å². The molecule has 4 aromatic rings. The average molecular weight is 649 g/mol. The number of hydrogen-bond donors (Lipinski definition) is 2. The first-order valence-electron chi connectivity index (χ1n) is 16.8. The number of hydrogen-bond acceptors (Lipinski definition) is 6. The maximum absolute atomic E-state index is 13.1. The number of methoxy groups -OCH3 is 2. The van der Waals surface area contributed by atoms with Gasteiger partial charge in [-0.25, -0.2) is 0 Å². The van der Waals surface area contributed by atoms with Crippen molar-refractivity contribution in [2.75, 3.05) is 32.6 Å². The number of benzene rings is 3. The van der Waals surface area contributed by atoms with E-state index in [0.717, 1.165) is 75.3 Å². The Hall–Kier alpha value is -4.89. The molecule has 0 saturated heterocycles. The van der Waals surface area contributed by atoms with Crippen LogP contribution in [0.3, 0.4) is 0 Å². The highest BCUT2D eigenvalue weighted by Gasteiger charge is 2.19. The van der Waals surface area contributed by atoms with E-state index in [1.54, 1.807) is 51.6 Å². The van der Waals surface area contributed by atoms with Gasteiger partial charge in [0.2, 0.25) is 0 Å². The summed E-state index contributed by atoms with van der Waals surface area (Å²) < 4.78 is 12.4. The van der Waals surface area contributed by atoms with Gasteiger partial charge in [0.1, 0.15) is 10.7 Å². The number of aromatic nitrogens is 2. The lowest BCUT2D eigenvalue weighted by atomic mass is 9.89. The fraction of sp³-hybridized carbons (Fsp3) is 0.359. The lowest BCUT2D eigenvalue weighted by Crippen LogP contribution is -2.52. The number of aromatic amines is 1. The monoisotopic (exact) mass is 648 g/mol.